The summed E-state index contributed by atoms with van der Waals surface area (Å²) in [7, 11) is -3.63. The maximum absolute atomic E-state index is 3.63. The molecule has 0 saturated carbocycles. The van der Waals surface area contributed by atoms with Crippen molar-refractivity contribution >= 4 is 0 Å². The van der Waals surface area contributed by atoms with Gasteiger partial charge in [-0.3, -0.25) is 0 Å². The number of hydrogen-bond acceptors (Lipinski definition) is 0. The van der Waals surface area contributed by atoms with E-state index in [4.69, 9.17) is 0 Å². The van der Waals surface area contributed by atoms with Crippen LogP contribution in [0.1, 0.15) is 11.1 Å². The summed E-state index contributed by atoms with van der Waals surface area (Å²) < 4.78 is 13.4. The molecule has 25 heavy (non-hydrogen) atoms. The Morgan fingerprint density at radius 2 is 0.960 bits per heavy atom. The molecular weight excluding hydrogens is 336 g/mol. The zero-order valence-electron chi connectivity index (χ0n) is 14.3. The van der Waals surface area contributed by atoms with Crippen molar-refractivity contribution in [1.29, 1.82) is 0 Å². The molecule has 10 saturated heterocycles. The van der Waals surface area contributed by atoms with Crippen molar-refractivity contribution in [1.82, 2.24) is 0 Å². The first-order chi connectivity index (χ1) is 12.1. The fourth-order valence-corrected chi connectivity index (χ4v) is 155. The van der Waals surface area contributed by atoms with Gasteiger partial charge in [-0.05, 0) is 0 Å². The van der Waals surface area contributed by atoms with E-state index in [9.17, 15) is 0 Å². The summed E-state index contributed by atoms with van der Waals surface area (Å²) in [5, 5.41) is 0. The first-order valence-electron chi connectivity index (χ1n) is 11.2. The van der Waals surface area contributed by atoms with Crippen LogP contribution >= 0.6 is 0 Å². The van der Waals surface area contributed by atoms with Crippen LogP contribution in [-0.4, -0.2) is 0 Å². The molecule has 10 heterocycles. The molecule has 10 fully saturated rings. The summed E-state index contributed by atoms with van der Waals surface area (Å²) in [5.74, 6) is 0. The molecule has 0 nitrogen and oxygen atoms in total. The van der Waals surface area contributed by atoms with Crippen LogP contribution in [0.3, 0.4) is 0 Å². The minimum absolute atomic E-state index is 0.973. The molecule has 122 valence electrons. The molecule has 1 spiro atoms. The first kappa shape index (κ1) is 10.5. The van der Waals surface area contributed by atoms with Crippen molar-refractivity contribution in [2.24, 2.45) is 0 Å². The summed E-state index contributed by atoms with van der Waals surface area (Å²) >= 11 is 0. The predicted molar refractivity (Wildman–Crippen MR) is 95.7 cm³/mol. The van der Waals surface area contributed by atoms with E-state index in [0.717, 1.165) is 7.44 Å². The van der Waals surface area contributed by atoms with Crippen molar-refractivity contribution < 1.29 is 8.89 Å². The molecule has 0 bridgehead atoms. The third-order valence-corrected chi connectivity index (χ3v) is 86.2. The molecule has 10 aliphatic heterocycles. The standard InChI is InChI=1S/C19H17.C5H5.Ti/c1-3-8-16(9-4-1)14-18-12-7-13-19(18)15-17-10-5-2-6-11-17;1-2-4-5-3-1;/h1-13H,14-15H2;1-5H;. The molecule has 0 aromatic heterocycles. The van der Waals surface area contributed by atoms with E-state index in [1.807, 2.05) is 0 Å². The molecule has 0 radical (unpaired) electrons. The van der Waals surface area contributed by atoms with E-state index in [2.05, 4.69) is 60.7 Å². The van der Waals surface area contributed by atoms with Crippen LogP contribution in [0.5, 0.6) is 0 Å². The molecule has 2 aromatic carbocycles. The minimum atomic E-state index is -3.63. The van der Waals surface area contributed by atoms with Crippen molar-refractivity contribution in [3.05, 3.63) is 71.8 Å². The average Bonchev–Trinajstić information content (AvgIpc) is 3.60. The summed E-state index contributed by atoms with van der Waals surface area (Å²) in [6.07, 6.45) is 3.06. The van der Waals surface area contributed by atoms with Crippen LogP contribution in [0.15, 0.2) is 60.7 Å². The zero-order valence-corrected chi connectivity index (χ0v) is 15.9. The van der Waals surface area contributed by atoms with Crippen LogP contribution in [0.4, 0.5) is 0 Å². The van der Waals surface area contributed by atoms with Crippen molar-refractivity contribution in [3.8, 4) is 0 Å². The van der Waals surface area contributed by atoms with Gasteiger partial charge in [0.15, 0.2) is 0 Å². The summed E-state index contributed by atoms with van der Waals surface area (Å²) in [6, 6.07) is 23.5. The Hall–Kier alpha value is -0.846. The van der Waals surface area contributed by atoms with Gasteiger partial charge in [-0.1, -0.05) is 0 Å². The van der Waals surface area contributed by atoms with Gasteiger partial charge in [0.25, 0.3) is 0 Å². The summed E-state index contributed by atoms with van der Waals surface area (Å²) in [5.41, 5.74) is 3.41. The Morgan fingerprint density at radius 1 is 0.560 bits per heavy atom. The second-order valence-corrected chi connectivity index (χ2v) is 49.6. The number of rotatable bonds is 4. The molecule has 12 rings (SSSR count). The molecule has 0 N–H and O–H groups in total. The van der Waals surface area contributed by atoms with Gasteiger partial charge in [0, 0.05) is 0 Å². The Kier molecular flexibility index (Phi) is 0.494. The molecular formula is C24H22Ti. The third-order valence-electron chi connectivity index (χ3n) is 24.0. The number of benzene rings is 2. The number of hydrogen-bond donors (Lipinski definition) is 0. The van der Waals surface area contributed by atoms with Gasteiger partial charge in [0.2, 0.25) is 0 Å². The van der Waals surface area contributed by atoms with E-state index in [0.29, 0.717) is 0 Å². The normalized spacial score (nSPS) is 87.5. The van der Waals surface area contributed by atoms with E-state index >= 15 is 0 Å². The molecule has 4 atom stereocenters. The van der Waals surface area contributed by atoms with Crippen molar-refractivity contribution in [3.63, 3.8) is 0 Å². The first-order valence-corrected chi connectivity index (χ1v) is 20.0. The van der Waals surface area contributed by atoms with Crippen LogP contribution in [0.25, 0.3) is 0 Å². The molecule has 1 heteroatoms. The van der Waals surface area contributed by atoms with Crippen molar-refractivity contribution in [2.75, 3.05) is 0 Å². The van der Waals surface area contributed by atoms with Crippen LogP contribution in [0, 0.1) is 0 Å². The second-order valence-electron chi connectivity index (χ2n) is 16.5. The van der Waals surface area contributed by atoms with Gasteiger partial charge < -0.3 is 0 Å². The van der Waals surface area contributed by atoms with Gasteiger partial charge in [-0.15, -0.1) is 0 Å². The van der Waals surface area contributed by atoms with Gasteiger partial charge in [0.05, 0.1) is 0 Å². The SMILES string of the molecule is c1ccc(C[C]23[CH]4[CH]5[CH]6[C]2(Cc2ccccc2)[Ti]54632789[CH]3[CH]2[CH]7[CH]8[CH]39)cc1. The fraction of sp³-hybridized carbons (Fsp3) is 0.500. The fourth-order valence-electron chi connectivity index (χ4n) is 28.6. The quantitative estimate of drug-likeness (QED) is 0.540. The van der Waals surface area contributed by atoms with Crippen LogP contribution in [0.2, 0.25) is 41.2 Å². The molecule has 0 amide bonds. The van der Waals surface area contributed by atoms with Crippen molar-refractivity contribution in [2.45, 2.75) is 54.1 Å². The van der Waals surface area contributed by atoms with Crippen LogP contribution < -0.4 is 0 Å². The molecule has 0 aliphatic carbocycles. The van der Waals surface area contributed by atoms with Gasteiger partial charge >= 0.3 is 135 Å². The van der Waals surface area contributed by atoms with Gasteiger partial charge in [0.1, 0.15) is 0 Å². The Bertz CT molecular complexity index is 1360. The molecule has 4 unspecified atom stereocenters. The maximum atomic E-state index is 2.46. The Balaban J connectivity index is 1.24. The molecule has 2 aromatic rings. The summed E-state index contributed by atoms with van der Waals surface area (Å²) in [4.78, 5) is 0. The third kappa shape index (κ3) is 0.163. The van der Waals surface area contributed by atoms with E-state index in [1.54, 1.807) is 11.1 Å². The van der Waals surface area contributed by atoms with E-state index < -0.39 is 8.89 Å². The summed E-state index contributed by atoms with van der Waals surface area (Å²) in [6.45, 7) is 0. The Labute approximate surface area is 134 Å². The monoisotopic (exact) mass is 358 g/mol. The second kappa shape index (κ2) is 1.18. The van der Waals surface area contributed by atoms with Gasteiger partial charge in [-0.25, -0.2) is 0 Å². The predicted octanol–water partition coefficient (Wildman–Crippen LogP) is 6.60. The topological polar surface area (TPSA) is 0 Å². The van der Waals surface area contributed by atoms with E-state index in [-0.39, 0.29) is 0 Å². The Morgan fingerprint density at radius 3 is 1.28 bits per heavy atom. The van der Waals surface area contributed by atoms with Gasteiger partial charge in [-0.2, -0.15) is 0 Å². The van der Waals surface area contributed by atoms with E-state index in [1.165, 1.54) is 46.6 Å². The average molecular weight is 358 g/mol. The molecule has 10 aliphatic rings. The zero-order chi connectivity index (χ0) is 15.6. The van der Waals surface area contributed by atoms with Crippen LogP contribution in [-0.2, 0) is 21.7 Å². The number of fused-ring (bicyclic) bond motifs is 10.